The van der Waals surface area contributed by atoms with Gasteiger partial charge in [0.2, 0.25) is 5.91 Å². The van der Waals surface area contributed by atoms with E-state index in [4.69, 9.17) is 20.6 Å². The number of aromatic nitrogens is 1. The standard InChI is InChI=1S/C35H31FN4O5/c1-20-16-28(44-15-11-31(37)41)26(34(43)40-35(12-13-35)30-4-2-3-14-39-30)19-24(20)22-7-10-27-25(18-22)32(33(38)42)29(45-27)17-21-5-8-23(36)9-6-21/h2-10,14,16,18-19H,11-13,15,17H2,1H3,(H2,37,41)(H2,38,42)(H,40,43). The quantitative estimate of drug-likeness (QED) is 0.186. The van der Waals surface area contributed by atoms with Crippen molar-refractivity contribution in [2.24, 2.45) is 11.5 Å². The van der Waals surface area contributed by atoms with Crippen molar-refractivity contribution in [2.45, 2.75) is 38.1 Å². The lowest BCUT2D eigenvalue weighted by atomic mass is 9.95. The number of hydrogen-bond acceptors (Lipinski definition) is 6. The average Bonchev–Trinajstić information content (AvgIpc) is 3.70. The predicted molar refractivity (Wildman–Crippen MR) is 166 cm³/mol. The Morgan fingerprint density at radius 3 is 2.47 bits per heavy atom. The fourth-order valence-electron chi connectivity index (χ4n) is 5.55. The lowest BCUT2D eigenvalue weighted by Crippen LogP contribution is -2.35. The van der Waals surface area contributed by atoms with E-state index in [1.165, 1.54) is 12.1 Å². The number of nitrogens with two attached hydrogens (primary N) is 2. The largest absolute Gasteiger partial charge is 0.492 e. The summed E-state index contributed by atoms with van der Waals surface area (Å²) < 4.78 is 25.4. The SMILES string of the molecule is Cc1cc(OCCC(N)=O)c(C(=O)NC2(c3ccccn3)CC2)cc1-c1ccc2oc(Cc3ccc(F)cc3)c(C(N)=O)c2c1. The summed E-state index contributed by atoms with van der Waals surface area (Å²) in [4.78, 5) is 42.3. The van der Waals surface area contributed by atoms with Crippen LogP contribution in [0, 0.1) is 12.7 Å². The van der Waals surface area contributed by atoms with Crippen molar-refractivity contribution in [2.75, 3.05) is 6.61 Å². The Morgan fingerprint density at radius 2 is 1.80 bits per heavy atom. The summed E-state index contributed by atoms with van der Waals surface area (Å²) in [6, 6.07) is 20.4. The molecule has 0 aliphatic heterocycles. The summed E-state index contributed by atoms with van der Waals surface area (Å²) in [6.07, 6.45) is 3.44. The summed E-state index contributed by atoms with van der Waals surface area (Å²) in [5, 5.41) is 3.67. The molecule has 1 aliphatic carbocycles. The van der Waals surface area contributed by atoms with Gasteiger partial charge in [-0.2, -0.15) is 0 Å². The Balaban J connectivity index is 1.39. The Hall–Kier alpha value is -5.51. The lowest BCUT2D eigenvalue weighted by molar-refractivity contribution is -0.118. The smallest absolute Gasteiger partial charge is 0.255 e. The van der Waals surface area contributed by atoms with E-state index in [1.807, 2.05) is 31.2 Å². The lowest BCUT2D eigenvalue weighted by Gasteiger charge is -2.20. The molecule has 228 valence electrons. The fraction of sp³-hybridized carbons (Fsp3) is 0.200. The number of pyridine rings is 1. The van der Waals surface area contributed by atoms with Gasteiger partial charge in [0.05, 0.1) is 35.4 Å². The number of primary amides is 2. The van der Waals surface area contributed by atoms with Gasteiger partial charge in [-0.15, -0.1) is 0 Å². The molecule has 45 heavy (non-hydrogen) atoms. The summed E-state index contributed by atoms with van der Waals surface area (Å²) in [5.74, 6) is -1.19. The van der Waals surface area contributed by atoms with Crippen molar-refractivity contribution in [1.29, 1.82) is 0 Å². The summed E-state index contributed by atoms with van der Waals surface area (Å²) in [7, 11) is 0. The van der Waals surface area contributed by atoms with E-state index in [0.29, 0.717) is 22.5 Å². The molecule has 1 fully saturated rings. The van der Waals surface area contributed by atoms with Gasteiger partial charge in [-0.25, -0.2) is 4.39 Å². The number of ether oxygens (including phenoxy) is 1. The van der Waals surface area contributed by atoms with Gasteiger partial charge >= 0.3 is 0 Å². The first-order valence-electron chi connectivity index (χ1n) is 14.5. The number of carbonyl (C=O) groups is 3. The molecule has 6 rings (SSSR count). The van der Waals surface area contributed by atoms with Crippen LogP contribution in [-0.2, 0) is 16.8 Å². The molecule has 2 heterocycles. The Kier molecular flexibility index (Phi) is 7.80. The molecule has 0 spiro atoms. The molecule has 2 aromatic heterocycles. The van der Waals surface area contributed by atoms with Crippen LogP contribution in [0.25, 0.3) is 22.1 Å². The second-order valence-electron chi connectivity index (χ2n) is 11.3. The highest BCUT2D eigenvalue weighted by atomic mass is 19.1. The molecule has 9 nitrogen and oxygen atoms in total. The highest BCUT2D eigenvalue weighted by Gasteiger charge is 2.47. The van der Waals surface area contributed by atoms with E-state index in [0.717, 1.165) is 40.8 Å². The van der Waals surface area contributed by atoms with E-state index in [-0.39, 0.29) is 42.3 Å². The van der Waals surface area contributed by atoms with Crippen LogP contribution in [0.2, 0.25) is 0 Å². The second-order valence-corrected chi connectivity index (χ2v) is 11.3. The van der Waals surface area contributed by atoms with Gasteiger partial charge in [-0.1, -0.05) is 24.3 Å². The summed E-state index contributed by atoms with van der Waals surface area (Å²) >= 11 is 0. The fourth-order valence-corrected chi connectivity index (χ4v) is 5.55. The first kappa shape index (κ1) is 29.6. The minimum absolute atomic E-state index is 0.00691. The van der Waals surface area contributed by atoms with Gasteiger partial charge in [0.1, 0.15) is 22.9 Å². The van der Waals surface area contributed by atoms with Gasteiger partial charge in [-0.05, 0) is 90.6 Å². The molecule has 10 heteroatoms. The number of nitrogens with one attached hydrogen (secondary N) is 1. The number of halogens is 1. The minimum Gasteiger partial charge on any atom is -0.492 e. The molecule has 1 saturated carbocycles. The normalized spacial score (nSPS) is 13.4. The first-order chi connectivity index (χ1) is 21.6. The number of hydrogen-bond donors (Lipinski definition) is 3. The molecule has 5 aromatic rings. The summed E-state index contributed by atoms with van der Waals surface area (Å²) in [5.41, 5.74) is 15.3. The van der Waals surface area contributed by atoms with Crippen molar-refractivity contribution < 1.29 is 27.9 Å². The van der Waals surface area contributed by atoms with E-state index in [9.17, 15) is 18.8 Å². The van der Waals surface area contributed by atoms with Crippen LogP contribution in [0.3, 0.4) is 0 Å². The van der Waals surface area contributed by atoms with Crippen LogP contribution in [0.15, 0.2) is 83.4 Å². The van der Waals surface area contributed by atoms with Crippen LogP contribution in [-0.4, -0.2) is 29.3 Å². The van der Waals surface area contributed by atoms with Crippen molar-refractivity contribution >= 4 is 28.7 Å². The number of fused-ring (bicyclic) bond motifs is 1. The van der Waals surface area contributed by atoms with Crippen LogP contribution < -0.4 is 21.5 Å². The molecule has 0 atom stereocenters. The van der Waals surface area contributed by atoms with Crippen LogP contribution in [0.1, 0.15) is 62.6 Å². The number of aryl methyl sites for hydroxylation is 1. The van der Waals surface area contributed by atoms with Crippen molar-refractivity contribution in [1.82, 2.24) is 10.3 Å². The van der Waals surface area contributed by atoms with Crippen molar-refractivity contribution in [3.63, 3.8) is 0 Å². The number of benzene rings is 3. The predicted octanol–water partition coefficient (Wildman–Crippen LogP) is 5.31. The third-order valence-corrected chi connectivity index (χ3v) is 8.03. The van der Waals surface area contributed by atoms with Gasteiger partial charge in [0.15, 0.2) is 0 Å². The van der Waals surface area contributed by atoms with Crippen LogP contribution in [0.5, 0.6) is 5.75 Å². The molecule has 0 radical (unpaired) electrons. The molecule has 3 aromatic carbocycles. The molecule has 5 N–H and O–H groups in total. The maximum absolute atomic E-state index is 13.8. The second kappa shape index (κ2) is 11.9. The topological polar surface area (TPSA) is 151 Å². The third-order valence-electron chi connectivity index (χ3n) is 8.03. The molecule has 3 amide bonds. The van der Waals surface area contributed by atoms with E-state index in [1.54, 1.807) is 42.6 Å². The zero-order valence-corrected chi connectivity index (χ0v) is 24.6. The number of amides is 3. The Morgan fingerprint density at radius 1 is 1.02 bits per heavy atom. The number of nitrogens with zero attached hydrogens (tertiary/aromatic N) is 1. The maximum Gasteiger partial charge on any atom is 0.255 e. The number of rotatable bonds is 11. The van der Waals surface area contributed by atoms with Crippen LogP contribution in [0.4, 0.5) is 4.39 Å². The van der Waals surface area contributed by atoms with Crippen molar-refractivity contribution in [3.05, 3.63) is 119 Å². The van der Waals surface area contributed by atoms with Gasteiger partial charge in [-0.3, -0.25) is 19.4 Å². The molecule has 0 bridgehead atoms. The zero-order valence-electron chi connectivity index (χ0n) is 24.6. The monoisotopic (exact) mass is 606 g/mol. The van der Waals surface area contributed by atoms with E-state index >= 15 is 0 Å². The molecular weight excluding hydrogens is 575 g/mol. The summed E-state index contributed by atoms with van der Waals surface area (Å²) in [6.45, 7) is 1.89. The van der Waals surface area contributed by atoms with E-state index in [2.05, 4.69) is 10.3 Å². The molecule has 0 unspecified atom stereocenters. The van der Waals surface area contributed by atoms with Gasteiger partial charge in [0, 0.05) is 18.0 Å². The molecule has 1 aliphatic rings. The van der Waals surface area contributed by atoms with E-state index < -0.39 is 17.4 Å². The van der Waals surface area contributed by atoms with Crippen LogP contribution >= 0.6 is 0 Å². The zero-order chi connectivity index (χ0) is 31.7. The minimum atomic E-state index is -0.651. The highest BCUT2D eigenvalue weighted by molar-refractivity contribution is 6.08. The molecule has 0 saturated heterocycles. The Bertz CT molecular complexity index is 1930. The number of furan rings is 1. The van der Waals surface area contributed by atoms with Gasteiger partial charge < -0.3 is 25.9 Å². The van der Waals surface area contributed by atoms with Gasteiger partial charge in [0.25, 0.3) is 11.8 Å². The van der Waals surface area contributed by atoms with Crippen molar-refractivity contribution in [3.8, 4) is 16.9 Å². The highest BCUT2D eigenvalue weighted by Crippen LogP contribution is 2.45. The maximum atomic E-state index is 13.8. The average molecular weight is 607 g/mol. The molecular formula is C35H31FN4O5. The number of carbonyl (C=O) groups excluding carboxylic acids is 3. The third kappa shape index (κ3) is 6.12. The first-order valence-corrected chi connectivity index (χ1v) is 14.5. The Labute approximate surface area is 258 Å².